The number of hydrogen-bond acceptors (Lipinski definition) is 3. The van der Waals surface area contributed by atoms with E-state index in [9.17, 15) is 0 Å². The molecule has 0 bridgehead atoms. The molecule has 10 aromatic rings. The fraction of sp³-hybridized carbons (Fsp3) is 0.0612. The van der Waals surface area contributed by atoms with Crippen LogP contribution in [0.5, 0.6) is 0 Å². The van der Waals surface area contributed by atoms with Crippen LogP contribution in [0.25, 0.3) is 76.9 Å². The number of para-hydroxylation sites is 2. The number of rotatable bonds is 4. The molecule has 0 saturated heterocycles. The number of fused-ring (bicyclic) bond motifs is 12. The molecule has 52 heavy (non-hydrogen) atoms. The van der Waals surface area contributed by atoms with Crippen LogP contribution in [-0.4, -0.2) is 0 Å². The van der Waals surface area contributed by atoms with Gasteiger partial charge in [-0.15, -0.1) is 0 Å². The van der Waals surface area contributed by atoms with Gasteiger partial charge in [0.1, 0.15) is 22.3 Å². The zero-order valence-corrected chi connectivity index (χ0v) is 28.9. The first kappa shape index (κ1) is 29.2. The Kier molecular flexibility index (Phi) is 6.01. The van der Waals surface area contributed by atoms with Gasteiger partial charge in [0.2, 0.25) is 0 Å². The molecule has 3 nitrogen and oxygen atoms in total. The average Bonchev–Trinajstić information content (AvgIpc) is 3.83. The standard InChI is InChI=1S/C49H33NO2/c1-49(2)38-21-11-8-17-33(38)34-25-24-31(28-39(34)49)50(40-22-12-9-16-32(40)30-14-4-3-5-15-30)41-29-45-46(36-19-7-6-18-35(36)41)48-44(52-45)27-26-43-47(48)37-20-10-13-23-42(37)51-43/h3-29H,1-2H3. The molecule has 0 atom stereocenters. The van der Waals surface area contributed by atoms with Gasteiger partial charge < -0.3 is 13.7 Å². The fourth-order valence-corrected chi connectivity index (χ4v) is 8.87. The maximum absolute atomic E-state index is 6.85. The van der Waals surface area contributed by atoms with Gasteiger partial charge in [-0.2, -0.15) is 0 Å². The van der Waals surface area contributed by atoms with E-state index >= 15 is 0 Å². The maximum Gasteiger partial charge on any atom is 0.138 e. The van der Waals surface area contributed by atoms with E-state index in [0.29, 0.717) is 0 Å². The lowest BCUT2D eigenvalue weighted by molar-refractivity contribution is 0.660. The molecule has 2 aromatic heterocycles. The Morgan fingerprint density at radius 3 is 1.87 bits per heavy atom. The Labute approximate surface area is 301 Å². The lowest BCUT2D eigenvalue weighted by Gasteiger charge is -2.30. The summed E-state index contributed by atoms with van der Waals surface area (Å²) in [6, 6.07) is 58.7. The van der Waals surface area contributed by atoms with Crippen LogP contribution in [0.3, 0.4) is 0 Å². The van der Waals surface area contributed by atoms with Crippen LogP contribution in [-0.2, 0) is 5.41 Å². The quantitative estimate of drug-likeness (QED) is 0.187. The molecule has 11 rings (SSSR count). The van der Waals surface area contributed by atoms with Gasteiger partial charge in [0.25, 0.3) is 0 Å². The largest absolute Gasteiger partial charge is 0.456 e. The number of anilines is 3. The first-order valence-electron chi connectivity index (χ1n) is 17.9. The maximum atomic E-state index is 6.85. The third-order valence-electron chi connectivity index (χ3n) is 11.3. The zero-order valence-electron chi connectivity index (χ0n) is 28.9. The van der Waals surface area contributed by atoms with Gasteiger partial charge in [-0.3, -0.25) is 0 Å². The zero-order chi connectivity index (χ0) is 34.6. The van der Waals surface area contributed by atoms with Crippen LogP contribution in [0.4, 0.5) is 17.1 Å². The van der Waals surface area contributed by atoms with Crippen molar-refractivity contribution < 1.29 is 8.83 Å². The second kappa shape index (κ2) is 10.7. The number of furan rings is 2. The number of hydrogen-bond donors (Lipinski definition) is 0. The Morgan fingerprint density at radius 1 is 0.404 bits per heavy atom. The highest BCUT2D eigenvalue weighted by Gasteiger charge is 2.36. The predicted octanol–water partition coefficient (Wildman–Crippen LogP) is 14.1. The summed E-state index contributed by atoms with van der Waals surface area (Å²) < 4.78 is 13.2. The molecular formula is C49H33NO2. The average molecular weight is 668 g/mol. The molecule has 246 valence electrons. The molecule has 0 amide bonds. The smallest absolute Gasteiger partial charge is 0.138 e. The molecule has 0 aliphatic heterocycles. The van der Waals surface area contributed by atoms with Crippen LogP contribution in [0.2, 0.25) is 0 Å². The Hall–Kier alpha value is -6.58. The highest BCUT2D eigenvalue weighted by molar-refractivity contribution is 6.32. The lowest BCUT2D eigenvalue weighted by atomic mass is 9.82. The van der Waals surface area contributed by atoms with Crippen LogP contribution >= 0.6 is 0 Å². The van der Waals surface area contributed by atoms with Gasteiger partial charge in [-0.05, 0) is 69.6 Å². The van der Waals surface area contributed by atoms with Gasteiger partial charge in [0.15, 0.2) is 0 Å². The van der Waals surface area contributed by atoms with Gasteiger partial charge in [-0.25, -0.2) is 0 Å². The molecule has 0 fully saturated rings. The summed E-state index contributed by atoms with van der Waals surface area (Å²) in [4.78, 5) is 2.44. The summed E-state index contributed by atoms with van der Waals surface area (Å²) in [6.07, 6.45) is 0. The topological polar surface area (TPSA) is 29.5 Å². The molecule has 0 saturated carbocycles. The minimum atomic E-state index is -0.143. The molecule has 1 aliphatic carbocycles. The second-order valence-corrected chi connectivity index (χ2v) is 14.4. The highest BCUT2D eigenvalue weighted by atomic mass is 16.3. The number of benzene rings is 8. The van der Waals surface area contributed by atoms with E-state index in [0.717, 1.165) is 77.3 Å². The van der Waals surface area contributed by atoms with Gasteiger partial charge in [0.05, 0.1) is 11.4 Å². The van der Waals surface area contributed by atoms with Crippen molar-refractivity contribution in [3.63, 3.8) is 0 Å². The summed E-state index contributed by atoms with van der Waals surface area (Å²) >= 11 is 0. The third-order valence-corrected chi connectivity index (χ3v) is 11.3. The van der Waals surface area contributed by atoms with Gasteiger partial charge in [-0.1, -0.05) is 135 Å². The Bertz CT molecular complexity index is 3050. The highest BCUT2D eigenvalue weighted by Crippen LogP contribution is 2.53. The first-order chi connectivity index (χ1) is 25.6. The normalized spacial score (nSPS) is 13.3. The molecule has 0 radical (unpaired) electrons. The first-order valence-corrected chi connectivity index (χ1v) is 17.9. The van der Waals surface area contributed by atoms with Crippen LogP contribution < -0.4 is 4.90 Å². The molecule has 1 aliphatic rings. The molecule has 0 unspecified atom stereocenters. The summed E-state index contributed by atoms with van der Waals surface area (Å²) in [6.45, 7) is 4.69. The SMILES string of the molecule is CC1(C)c2ccccc2-c2ccc(N(c3ccccc3-c3ccccc3)c3cc4oc5ccc6oc7ccccc7c6c5c4c4ccccc34)cc21. The van der Waals surface area contributed by atoms with Crippen molar-refractivity contribution in [2.24, 2.45) is 0 Å². The third kappa shape index (κ3) is 4.02. The van der Waals surface area contributed by atoms with E-state index in [-0.39, 0.29) is 5.41 Å². The van der Waals surface area contributed by atoms with Crippen LogP contribution in [0.1, 0.15) is 25.0 Å². The van der Waals surface area contributed by atoms with Crippen molar-refractivity contribution in [3.8, 4) is 22.3 Å². The monoisotopic (exact) mass is 667 g/mol. The second-order valence-electron chi connectivity index (χ2n) is 14.4. The molecular weight excluding hydrogens is 635 g/mol. The lowest BCUT2D eigenvalue weighted by Crippen LogP contribution is -2.17. The van der Waals surface area contributed by atoms with E-state index in [1.807, 2.05) is 18.2 Å². The molecule has 0 N–H and O–H groups in total. The molecule has 3 heteroatoms. The Morgan fingerprint density at radius 2 is 1.02 bits per heavy atom. The van der Waals surface area contributed by atoms with Crippen molar-refractivity contribution in [1.82, 2.24) is 0 Å². The van der Waals surface area contributed by atoms with Gasteiger partial charge in [0, 0.05) is 49.7 Å². The van der Waals surface area contributed by atoms with Gasteiger partial charge >= 0.3 is 0 Å². The fourth-order valence-electron chi connectivity index (χ4n) is 8.87. The van der Waals surface area contributed by atoms with Crippen LogP contribution in [0.15, 0.2) is 173 Å². The minimum absolute atomic E-state index is 0.143. The van der Waals surface area contributed by atoms with Crippen molar-refractivity contribution in [2.75, 3.05) is 4.90 Å². The summed E-state index contributed by atoms with van der Waals surface area (Å²) in [5.41, 5.74) is 14.2. The van der Waals surface area contributed by atoms with Crippen molar-refractivity contribution in [2.45, 2.75) is 19.3 Å². The van der Waals surface area contributed by atoms with E-state index in [4.69, 9.17) is 8.83 Å². The predicted molar refractivity (Wildman–Crippen MR) is 216 cm³/mol. The van der Waals surface area contributed by atoms with Crippen LogP contribution in [0, 0.1) is 0 Å². The molecule has 0 spiro atoms. The summed E-state index contributed by atoms with van der Waals surface area (Å²) in [5, 5.41) is 6.67. The number of nitrogens with zero attached hydrogens (tertiary/aromatic N) is 1. The van der Waals surface area contributed by atoms with E-state index in [1.165, 1.54) is 27.8 Å². The van der Waals surface area contributed by atoms with E-state index in [2.05, 4.69) is 164 Å². The van der Waals surface area contributed by atoms with Crippen molar-refractivity contribution in [3.05, 3.63) is 175 Å². The minimum Gasteiger partial charge on any atom is -0.456 e. The Balaban J connectivity index is 1.24. The van der Waals surface area contributed by atoms with Crippen molar-refractivity contribution in [1.29, 1.82) is 0 Å². The van der Waals surface area contributed by atoms with Crippen molar-refractivity contribution >= 4 is 71.7 Å². The summed E-state index contributed by atoms with van der Waals surface area (Å²) in [5.74, 6) is 0. The molecule has 2 heterocycles. The summed E-state index contributed by atoms with van der Waals surface area (Å²) in [7, 11) is 0. The molecule has 8 aromatic carbocycles. The van der Waals surface area contributed by atoms with E-state index in [1.54, 1.807) is 0 Å². The van der Waals surface area contributed by atoms with E-state index < -0.39 is 0 Å².